The van der Waals surface area contributed by atoms with Crippen molar-refractivity contribution < 1.29 is 18.0 Å². The molecule has 1 N–H and O–H groups in total. The smallest absolute Gasteiger partial charge is 0.264 e. The van der Waals surface area contributed by atoms with Gasteiger partial charge in [0.1, 0.15) is 12.6 Å². The van der Waals surface area contributed by atoms with Gasteiger partial charge in [-0.05, 0) is 67.6 Å². The highest BCUT2D eigenvalue weighted by Gasteiger charge is 2.35. The van der Waals surface area contributed by atoms with Crippen molar-refractivity contribution in [1.29, 1.82) is 0 Å². The monoisotopic (exact) mass is 629 g/mol. The largest absolute Gasteiger partial charge is 0.352 e. The maximum Gasteiger partial charge on any atom is 0.264 e. The standard InChI is InChI=1S/C32H37Cl2N3O4S/c1-3-29(32(39)35-26-14-6-4-7-15-26)36(21-24-13-11-10-12-23(24)2)31(38)22-37(30-20-25(33)18-19-28(30)34)42(40,41)27-16-8-5-9-17-27/h5,8-13,16-20,26,29H,3-4,6-7,14-15,21-22H2,1-2H3,(H,35,39)/t29-/m0/s1. The number of hydrogen-bond acceptors (Lipinski definition) is 4. The fourth-order valence-corrected chi connectivity index (χ4v) is 7.23. The second-order valence-corrected chi connectivity index (χ2v) is 13.3. The van der Waals surface area contributed by atoms with E-state index >= 15 is 0 Å². The summed E-state index contributed by atoms with van der Waals surface area (Å²) in [6, 6.07) is 19.2. The number of nitrogens with zero attached hydrogens (tertiary/aromatic N) is 2. The Morgan fingerprint density at radius 1 is 0.952 bits per heavy atom. The van der Waals surface area contributed by atoms with Crippen LogP contribution in [0, 0.1) is 6.92 Å². The van der Waals surface area contributed by atoms with E-state index in [-0.39, 0.29) is 39.1 Å². The zero-order valence-corrected chi connectivity index (χ0v) is 26.3. The highest BCUT2D eigenvalue weighted by atomic mass is 35.5. The van der Waals surface area contributed by atoms with E-state index in [0.29, 0.717) is 6.42 Å². The molecule has 1 atom stereocenters. The highest BCUT2D eigenvalue weighted by Crippen LogP contribution is 2.33. The van der Waals surface area contributed by atoms with E-state index in [2.05, 4.69) is 5.32 Å². The third-order valence-corrected chi connectivity index (χ3v) is 10.1. The predicted molar refractivity (Wildman–Crippen MR) is 168 cm³/mol. The molecule has 2 amide bonds. The molecule has 0 aromatic heterocycles. The van der Waals surface area contributed by atoms with Gasteiger partial charge in [-0.1, -0.05) is 91.9 Å². The van der Waals surface area contributed by atoms with Crippen molar-refractivity contribution >= 4 is 50.7 Å². The average Bonchev–Trinajstić information content (AvgIpc) is 2.99. The lowest BCUT2D eigenvalue weighted by molar-refractivity contribution is -0.140. The van der Waals surface area contributed by atoms with Gasteiger partial charge in [0.2, 0.25) is 11.8 Å². The van der Waals surface area contributed by atoms with Gasteiger partial charge < -0.3 is 10.2 Å². The van der Waals surface area contributed by atoms with Crippen molar-refractivity contribution in [3.63, 3.8) is 0 Å². The molecule has 0 saturated heterocycles. The van der Waals surface area contributed by atoms with E-state index in [1.807, 2.05) is 38.1 Å². The third kappa shape index (κ3) is 7.65. The van der Waals surface area contributed by atoms with Crippen LogP contribution in [0.5, 0.6) is 0 Å². The molecule has 10 heteroatoms. The van der Waals surface area contributed by atoms with Crippen LogP contribution in [0.2, 0.25) is 10.0 Å². The fraction of sp³-hybridized carbons (Fsp3) is 0.375. The van der Waals surface area contributed by atoms with E-state index in [1.165, 1.54) is 29.2 Å². The molecular weight excluding hydrogens is 593 g/mol. The molecule has 1 aliphatic carbocycles. The minimum absolute atomic E-state index is 0.00128. The van der Waals surface area contributed by atoms with Crippen LogP contribution in [0.3, 0.4) is 0 Å². The van der Waals surface area contributed by atoms with Gasteiger partial charge in [0.15, 0.2) is 0 Å². The van der Waals surface area contributed by atoms with Crippen LogP contribution in [0.1, 0.15) is 56.6 Å². The molecule has 1 fully saturated rings. The predicted octanol–water partition coefficient (Wildman–Crippen LogP) is 6.75. The fourth-order valence-electron chi connectivity index (χ4n) is 5.34. The molecule has 0 heterocycles. The lowest BCUT2D eigenvalue weighted by Gasteiger charge is -2.35. The van der Waals surface area contributed by atoms with Crippen molar-refractivity contribution in [3.05, 3.63) is 94.0 Å². The molecule has 224 valence electrons. The number of benzene rings is 3. The van der Waals surface area contributed by atoms with E-state index in [1.54, 1.807) is 24.3 Å². The van der Waals surface area contributed by atoms with Crippen LogP contribution >= 0.6 is 23.2 Å². The SMILES string of the molecule is CC[C@@H](C(=O)NC1CCCCC1)N(Cc1ccccc1C)C(=O)CN(c1cc(Cl)ccc1Cl)S(=O)(=O)c1ccccc1. The molecule has 7 nitrogen and oxygen atoms in total. The first-order chi connectivity index (χ1) is 20.1. The molecule has 0 radical (unpaired) electrons. The van der Waals surface area contributed by atoms with Gasteiger partial charge in [-0.3, -0.25) is 13.9 Å². The lowest BCUT2D eigenvalue weighted by atomic mass is 9.95. The third-order valence-electron chi connectivity index (χ3n) is 7.73. The maximum atomic E-state index is 14.3. The summed E-state index contributed by atoms with van der Waals surface area (Å²) in [5, 5.41) is 3.55. The van der Waals surface area contributed by atoms with E-state index in [4.69, 9.17) is 23.2 Å². The van der Waals surface area contributed by atoms with E-state index < -0.39 is 28.5 Å². The van der Waals surface area contributed by atoms with Crippen LogP contribution in [-0.4, -0.2) is 43.8 Å². The van der Waals surface area contributed by atoms with Crippen molar-refractivity contribution in [2.75, 3.05) is 10.8 Å². The van der Waals surface area contributed by atoms with Gasteiger partial charge in [0, 0.05) is 17.6 Å². The first-order valence-corrected chi connectivity index (χ1v) is 16.5. The number of halogens is 2. The minimum atomic E-state index is -4.24. The topological polar surface area (TPSA) is 86.8 Å². The molecule has 0 spiro atoms. The summed E-state index contributed by atoms with van der Waals surface area (Å²) in [7, 11) is -4.24. The molecular formula is C32H37Cl2N3O4S. The maximum absolute atomic E-state index is 14.3. The number of aryl methyl sites for hydroxylation is 1. The van der Waals surface area contributed by atoms with Gasteiger partial charge in [-0.25, -0.2) is 8.42 Å². The van der Waals surface area contributed by atoms with Gasteiger partial charge in [0.25, 0.3) is 10.0 Å². The van der Waals surface area contributed by atoms with Crippen molar-refractivity contribution in [2.24, 2.45) is 0 Å². The molecule has 1 aliphatic rings. The molecule has 3 aromatic carbocycles. The Morgan fingerprint density at radius 3 is 2.29 bits per heavy atom. The molecule has 4 rings (SSSR count). The number of carbonyl (C=O) groups excluding carboxylic acids is 2. The van der Waals surface area contributed by atoms with E-state index in [0.717, 1.165) is 47.5 Å². The zero-order chi connectivity index (χ0) is 30.3. The Kier molecular flexibility index (Phi) is 10.9. The van der Waals surface area contributed by atoms with Crippen LogP contribution in [0.25, 0.3) is 0 Å². The van der Waals surface area contributed by atoms with Gasteiger partial charge in [-0.2, -0.15) is 0 Å². The summed E-state index contributed by atoms with van der Waals surface area (Å²) in [6.07, 6.45) is 5.44. The summed E-state index contributed by atoms with van der Waals surface area (Å²) >= 11 is 12.8. The number of nitrogens with one attached hydrogen (secondary N) is 1. The Labute approximate surface area is 258 Å². The highest BCUT2D eigenvalue weighted by molar-refractivity contribution is 7.92. The zero-order valence-electron chi connectivity index (χ0n) is 23.9. The Bertz CT molecular complexity index is 1490. The number of carbonyl (C=O) groups is 2. The van der Waals surface area contributed by atoms with Crippen molar-refractivity contribution in [1.82, 2.24) is 10.2 Å². The van der Waals surface area contributed by atoms with Gasteiger partial charge in [0.05, 0.1) is 15.6 Å². The van der Waals surface area contributed by atoms with Crippen molar-refractivity contribution in [2.45, 2.75) is 75.9 Å². The summed E-state index contributed by atoms with van der Waals surface area (Å²) in [5.74, 6) is -0.760. The molecule has 42 heavy (non-hydrogen) atoms. The molecule has 0 aliphatic heterocycles. The second kappa shape index (κ2) is 14.4. The number of hydrogen-bond donors (Lipinski definition) is 1. The quantitative estimate of drug-likeness (QED) is 0.254. The van der Waals surface area contributed by atoms with Gasteiger partial charge >= 0.3 is 0 Å². The Morgan fingerprint density at radius 2 is 1.62 bits per heavy atom. The van der Waals surface area contributed by atoms with Crippen molar-refractivity contribution in [3.8, 4) is 0 Å². The number of rotatable bonds is 11. The number of anilines is 1. The van der Waals surface area contributed by atoms with Crippen LogP contribution in [0.4, 0.5) is 5.69 Å². The lowest BCUT2D eigenvalue weighted by Crippen LogP contribution is -2.54. The Hall–Kier alpha value is -3.07. The molecule has 0 unspecified atom stereocenters. The average molecular weight is 631 g/mol. The number of amides is 2. The van der Waals surface area contributed by atoms with Crippen LogP contribution in [-0.2, 0) is 26.2 Å². The Balaban J connectivity index is 1.74. The molecule has 3 aromatic rings. The summed E-state index contributed by atoms with van der Waals surface area (Å²) in [4.78, 5) is 29.4. The summed E-state index contributed by atoms with van der Waals surface area (Å²) < 4.78 is 28.9. The minimum Gasteiger partial charge on any atom is -0.352 e. The van der Waals surface area contributed by atoms with E-state index in [9.17, 15) is 18.0 Å². The summed E-state index contributed by atoms with van der Waals surface area (Å²) in [5.41, 5.74) is 1.91. The molecule has 1 saturated carbocycles. The van der Waals surface area contributed by atoms with Crippen LogP contribution < -0.4 is 9.62 Å². The normalized spacial score (nSPS) is 14.7. The second-order valence-electron chi connectivity index (χ2n) is 10.6. The number of sulfonamides is 1. The van der Waals surface area contributed by atoms with Gasteiger partial charge in [-0.15, -0.1) is 0 Å². The molecule has 0 bridgehead atoms. The summed E-state index contributed by atoms with van der Waals surface area (Å²) in [6.45, 7) is 3.37. The first-order valence-electron chi connectivity index (χ1n) is 14.3. The first kappa shape index (κ1) is 31.9. The van der Waals surface area contributed by atoms with Crippen LogP contribution in [0.15, 0.2) is 77.7 Å².